The van der Waals surface area contributed by atoms with E-state index in [1.54, 1.807) is 93.6 Å². The molecule has 1 amide bonds. The third-order valence-corrected chi connectivity index (χ3v) is 12.8. The van der Waals surface area contributed by atoms with E-state index >= 15 is 0 Å². The zero-order valence-corrected chi connectivity index (χ0v) is 45.3. The summed E-state index contributed by atoms with van der Waals surface area (Å²) in [7, 11) is 0. The van der Waals surface area contributed by atoms with Crippen molar-refractivity contribution in [1.29, 1.82) is 0 Å². The van der Waals surface area contributed by atoms with Crippen LogP contribution in [-0.4, -0.2) is 138 Å². The number of pyridine rings is 3. The molecule has 7 rings (SSSR count). The quantitative estimate of drug-likeness (QED) is 0.0269. The predicted molar refractivity (Wildman–Crippen MR) is 293 cm³/mol. The number of carbonyl (C=O) groups is 7. The first-order chi connectivity index (χ1) is 38.8. The highest BCUT2D eigenvalue weighted by Crippen LogP contribution is 2.22. The molecular weight excluding hydrogens is 1040 g/mol. The van der Waals surface area contributed by atoms with Crippen molar-refractivity contribution < 1.29 is 67.8 Å². The lowest BCUT2D eigenvalue weighted by molar-refractivity contribution is 0.0462. The van der Waals surface area contributed by atoms with E-state index in [-0.39, 0.29) is 116 Å². The summed E-state index contributed by atoms with van der Waals surface area (Å²) in [6.45, 7) is 6.94. The van der Waals surface area contributed by atoms with Gasteiger partial charge in [-0.05, 0) is 86.7 Å². The number of benzene rings is 3. The summed E-state index contributed by atoms with van der Waals surface area (Å²) in [4.78, 5) is 110. The summed E-state index contributed by atoms with van der Waals surface area (Å²) in [5.41, 5.74) is 0.962. The second-order valence-electron chi connectivity index (χ2n) is 20.4. The van der Waals surface area contributed by atoms with Gasteiger partial charge in [0.15, 0.2) is 0 Å². The molecule has 4 N–H and O–H groups in total. The summed E-state index contributed by atoms with van der Waals surface area (Å²) in [6.07, 6.45) is 1.01. The Morgan fingerprint density at radius 3 is 1.31 bits per heavy atom. The summed E-state index contributed by atoms with van der Waals surface area (Å²) >= 11 is 0. The second kappa shape index (κ2) is 28.8. The number of aromatic nitrogens is 3. The van der Waals surface area contributed by atoms with E-state index in [2.05, 4.69) is 25.2 Å². The van der Waals surface area contributed by atoms with E-state index in [4.69, 9.17) is 18.9 Å². The summed E-state index contributed by atoms with van der Waals surface area (Å²) in [5.74, 6) is -6.38. The van der Waals surface area contributed by atoms with Gasteiger partial charge in [-0.15, -0.1) is 0 Å². The number of carboxylic acid groups (broad SMARTS) is 3. The van der Waals surface area contributed by atoms with Gasteiger partial charge in [0.2, 0.25) is 0 Å². The SMILES string of the molecule is CC(C)(C)OC(=O)NCCCC[C@H]1CN(Cc2cc(C(=O)OCc3ccccc3)cc(C(=O)O)n2)CCN(Cc2cc(C(=O)OCc3ccccc3)cc(C(=O)O)n2)CCN1Cc1cc(C(=O)OCc2ccccc2)cc(C(=O)O)n1. The molecule has 1 atom stereocenters. The van der Waals surface area contributed by atoms with Crippen molar-refractivity contribution in [3.63, 3.8) is 0 Å². The van der Waals surface area contributed by atoms with E-state index in [0.717, 1.165) is 34.9 Å². The van der Waals surface area contributed by atoms with E-state index in [0.29, 0.717) is 38.9 Å². The van der Waals surface area contributed by atoms with Gasteiger partial charge >= 0.3 is 41.9 Å². The van der Waals surface area contributed by atoms with Gasteiger partial charge in [0, 0.05) is 64.9 Å². The van der Waals surface area contributed by atoms with Crippen molar-refractivity contribution in [2.24, 2.45) is 0 Å². The molecule has 1 aliphatic rings. The third-order valence-electron chi connectivity index (χ3n) is 12.8. The van der Waals surface area contributed by atoms with Crippen molar-refractivity contribution in [2.75, 3.05) is 39.3 Å². The standard InChI is InChI=1S/C60H65N7O14/c1-60(2,3)81-59(77)61-22-14-13-21-49-36-66(34-47-28-44(31-51(63-47)54(70)71)57(75)79-38-41-17-9-5-10-18-41)24-23-65(33-46-27-43(30-50(62-46)53(68)69)56(74)78-37-40-15-7-4-8-16-40)25-26-67(49)35-48-29-45(32-52(64-48)55(72)73)58(76)80-39-42-19-11-6-12-20-42/h4-12,15-20,27-32,49H,13-14,21-26,33-39H2,1-3H3,(H,61,77)(H,68,69)(H,70,71)(H,72,73)/t49-/m0/s1. The smallest absolute Gasteiger partial charge is 0.407 e. The van der Waals surface area contributed by atoms with Crippen molar-refractivity contribution >= 4 is 41.9 Å². The van der Waals surface area contributed by atoms with Gasteiger partial charge in [-0.2, -0.15) is 0 Å². The molecule has 0 aliphatic carbocycles. The number of alkyl carbamates (subject to hydrolysis) is 1. The topological polar surface area (TPSA) is 278 Å². The molecule has 21 heteroatoms. The molecule has 3 aromatic heterocycles. The van der Waals surface area contributed by atoms with Crippen LogP contribution in [0.15, 0.2) is 127 Å². The average molecular weight is 1110 g/mol. The highest BCUT2D eigenvalue weighted by Gasteiger charge is 2.29. The maximum atomic E-state index is 13.6. The Kier molecular flexibility index (Phi) is 21.2. The van der Waals surface area contributed by atoms with Crippen molar-refractivity contribution in [3.8, 4) is 0 Å². The number of nitrogens with one attached hydrogen (secondary N) is 1. The largest absolute Gasteiger partial charge is 0.477 e. The van der Waals surface area contributed by atoms with Crippen LogP contribution in [0.1, 0.15) is 136 Å². The van der Waals surface area contributed by atoms with Crippen LogP contribution in [0.3, 0.4) is 0 Å². The van der Waals surface area contributed by atoms with Crippen LogP contribution in [0.2, 0.25) is 0 Å². The maximum Gasteiger partial charge on any atom is 0.407 e. The van der Waals surface area contributed by atoms with Gasteiger partial charge in [-0.25, -0.2) is 48.5 Å². The normalized spacial score (nSPS) is 14.3. The van der Waals surface area contributed by atoms with E-state index < -0.39 is 47.5 Å². The van der Waals surface area contributed by atoms with E-state index in [1.165, 1.54) is 18.2 Å². The molecule has 0 saturated carbocycles. The lowest BCUT2D eigenvalue weighted by Gasteiger charge is -2.35. The molecule has 1 aliphatic heterocycles. The van der Waals surface area contributed by atoms with Gasteiger partial charge in [0.25, 0.3) is 0 Å². The summed E-state index contributed by atoms with van der Waals surface area (Å²) in [5, 5.41) is 33.5. The number of nitrogens with zero attached hydrogens (tertiary/aromatic N) is 6. The number of carboxylic acids is 3. The van der Waals surface area contributed by atoms with Crippen LogP contribution in [-0.2, 0) is 58.4 Å². The van der Waals surface area contributed by atoms with Crippen LogP contribution >= 0.6 is 0 Å². The molecule has 21 nitrogen and oxygen atoms in total. The molecule has 1 saturated heterocycles. The molecule has 3 aromatic carbocycles. The van der Waals surface area contributed by atoms with Crippen LogP contribution in [0.25, 0.3) is 0 Å². The number of carbonyl (C=O) groups excluding carboxylic acids is 4. The zero-order valence-electron chi connectivity index (χ0n) is 45.3. The van der Waals surface area contributed by atoms with Crippen molar-refractivity contribution in [2.45, 2.75) is 91.1 Å². The number of ether oxygens (including phenoxy) is 4. The highest BCUT2D eigenvalue weighted by atomic mass is 16.6. The monoisotopic (exact) mass is 1110 g/mol. The average Bonchev–Trinajstić information content (AvgIpc) is 3.52. The lowest BCUT2D eigenvalue weighted by Crippen LogP contribution is -2.44. The van der Waals surface area contributed by atoms with Gasteiger partial charge in [-0.3, -0.25) is 14.7 Å². The van der Waals surface area contributed by atoms with Crippen LogP contribution < -0.4 is 5.32 Å². The number of hydrogen-bond donors (Lipinski definition) is 4. The van der Waals surface area contributed by atoms with Gasteiger partial charge in [-0.1, -0.05) is 97.4 Å². The first-order valence-electron chi connectivity index (χ1n) is 26.4. The fourth-order valence-electron chi connectivity index (χ4n) is 8.92. The minimum atomic E-state index is -1.37. The Hall–Kier alpha value is -8.92. The van der Waals surface area contributed by atoms with Gasteiger partial charge in [0.05, 0.1) is 33.8 Å². The first kappa shape index (κ1) is 59.7. The minimum Gasteiger partial charge on any atom is -0.477 e. The zero-order chi connectivity index (χ0) is 57.9. The number of unbranched alkanes of at least 4 members (excludes halogenated alkanes) is 1. The molecule has 81 heavy (non-hydrogen) atoms. The fraction of sp³-hybridized carbons (Fsp3) is 0.333. The van der Waals surface area contributed by atoms with Gasteiger partial charge < -0.3 is 39.6 Å². The Morgan fingerprint density at radius 1 is 0.519 bits per heavy atom. The summed E-state index contributed by atoms with van der Waals surface area (Å²) in [6, 6.07) is 34.6. The summed E-state index contributed by atoms with van der Waals surface area (Å²) < 4.78 is 22.2. The third kappa shape index (κ3) is 19.2. The number of aromatic carboxylic acids is 3. The maximum absolute atomic E-state index is 13.6. The van der Waals surface area contributed by atoms with Gasteiger partial charge in [0.1, 0.15) is 42.5 Å². The molecule has 0 bridgehead atoms. The number of hydrogen-bond acceptors (Lipinski definition) is 17. The Bertz CT molecular complexity index is 3160. The Labute approximate surface area is 468 Å². The molecule has 1 fully saturated rings. The highest BCUT2D eigenvalue weighted by molar-refractivity contribution is 5.95. The molecular formula is C60H65N7O14. The predicted octanol–water partition coefficient (Wildman–Crippen LogP) is 7.92. The molecule has 4 heterocycles. The molecule has 6 aromatic rings. The van der Waals surface area contributed by atoms with Crippen LogP contribution in [0.4, 0.5) is 4.79 Å². The number of rotatable bonds is 23. The first-order valence-corrected chi connectivity index (χ1v) is 26.4. The minimum absolute atomic E-state index is 0.0108. The van der Waals surface area contributed by atoms with Crippen LogP contribution in [0.5, 0.6) is 0 Å². The second-order valence-corrected chi connectivity index (χ2v) is 20.4. The van der Waals surface area contributed by atoms with E-state index in [1.807, 2.05) is 28.0 Å². The van der Waals surface area contributed by atoms with Crippen molar-refractivity contribution in [3.05, 3.63) is 195 Å². The van der Waals surface area contributed by atoms with E-state index in [9.17, 15) is 48.9 Å². The van der Waals surface area contributed by atoms with Crippen LogP contribution in [0, 0.1) is 0 Å². The Morgan fingerprint density at radius 2 is 0.901 bits per heavy atom. The lowest BCUT2D eigenvalue weighted by atomic mass is 10.1. The molecule has 0 radical (unpaired) electrons. The molecule has 424 valence electrons. The Balaban J connectivity index is 1.24. The van der Waals surface area contributed by atoms with Crippen molar-refractivity contribution in [1.82, 2.24) is 35.0 Å². The molecule has 0 spiro atoms. The molecule has 0 unspecified atom stereocenters. The number of amides is 1. The fourth-order valence-corrected chi connectivity index (χ4v) is 8.92. The number of esters is 3.